The third-order valence-corrected chi connectivity index (χ3v) is 2.42. The van der Waals surface area contributed by atoms with Crippen molar-refractivity contribution in [1.82, 2.24) is 5.32 Å². The van der Waals surface area contributed by atoms with E-state index in [4.69, 9.17) is 5.73 Å². The maximum Gasteiger partial charge on any atom is 0.00759 e. The SMILES string of the molecule is C=C(C)/C=C\C=C/CC.CCCC(CCN)NC. The molecule has 0 heterocycles. The molecule has 0 aliphatic carbocycles. The summed E-state index contributed by atoms with van der Waals surface area (Å²) in [7, 11) is 2.00. The molecule has 0 saturated carbocycles. The van der Waals surface area contributed by atoms with E-state index in [1.807, 2.05) is 32.2 Å². The van der Waals surface area contributed by atoms with Gasteiger partial charge in [-0.05, 0) is 39.8 Å². The van der Waals surface area contributed by atoms with Crippen LogP contribution < -0.4 is 11.1 Å². The highest BCUT2D eigenvalue weighted by molar-refractivity contribution is 5.16. The first-order chi connectivity index (χ1) is 8.62. The maximum absolute atomic E-state index is 5.40. The average molecular weight is 252 g/mol. The Bertz CT molecular complexity index is 223. The number of hydrogen-bond donors (Lipinski definition) is 2. The summed E-state index contributed by atoms with van der Waals surface area (Å²) in [4.78, 5) is 0. The minimum Gasteiger partial charge on any atom is -0.330 e. The maximum atomic E-state index is 5.40. The van der Waals surface area contributed by atoms with Crippen molar-refractivity contribution in [3.8, 4) is 0 Å². The second-order valence-electron chi connectivity index (χ2n) is 4.39. The van der Waals surface area contributed by atoms with E-state index in [1.54, 1.807) is 0 Å². The van der Waals surface area contributed by atoms with Gasteiger partial charge in [0.15, 0.2) is 0 Å². The van der Waals surface area contributed by atoms with E-state index in [9.17, 15) is 0 Å². The molecule has 2 nitrogen and oxygen atoms in total. The highest BCUT2D eigenvalue weighted by atomic mass is 14.9. The fraction of sp³-hybridized carbons (Fsp3) is 0.625. The van der Waals surface area contributed by atoms with Gasteiger partial charge in [-0.25, -0.2) is 0 Å². The third kappa shape index (κ3) is 17.5. The summed E-state index contributed by atoms with van der Waals surface area (Å²) in [5.41, 5.74) is 6.49. The van der Waals surface area contributed by atoms with Crippen LogP contribution in [0.3, 0.4) is 0 Å². The predicted molar refractivity (Wildman–Crippen MR) is 84.8 cm³/mol. The fourth-order valence-corrected chi connectivity index (χ4v) is 1.42. The lowest BCUT2D eigenvalue weighted by atomic mass is 10.1. The summed E-state index contributed by atoms with van der Waals surface area (Å²) in [5.74, 6) is 0. The molecule has 0 rings (SSSR count). The Labute approximate surface area is 114 Å². The third-order valence-electron chi connectivity index (χ3n) is 2.42. The molecule has 0 aromatic rings. The quantitative estimate of drug-likeness (QED) is 0.645. The van der Waals surface area contributed by atoms with E-state index in [0.717, 1.165) is 25.0 Å². The summed E-state index contributed by atoms with van der Waals surface area (Å²) >= 11 is 0. The van der Waals surface area contributed by atoms with Crippen molar-refractivity contribution in [2.24, 2.45) is 5.73 Å². The van der Waals surface area contributed by atoms with Crippen molar-refractivity contribution in [2.45, 2.75) is 52.5 Å². The van der Waals surface area contributed by atoms with Gasteiger partial charge in [-0.15, -0.1) is 0 Å². The minimum absolute atomic E-state index is 0.639. The van der Waals surface area contributed by atoms with Crippen LogP contribution in [-0.2, 0) is 0 Å². The first-order valence-corrected chi connectivity index (χ1v) is 6.98. The summed E-state index contributed by atoms with van der Waals surface area (Å²) in [6.07, 6.45) is 12.8. The lowest BCUT2D eigenvalue weighted by Crippen LogP contribution is -2.27. The van der Waals surface area contributed by atoms with Gasteiger partial charge in [0.25, 0.3) is 0 Å². The monoisotopic (exact) mass is 252 g/mol. The Morgan fingerprint density at radius 1 is 1.28 bits per heavy atom. The molecule has 0 aliphatic rings. The highest BCUT2D eigenvalue weighted by Gasteiger charge is 2.00. The molecule has 0 aromatic heterocycles. The molecular weight excluding hydrogens is 220 g/mol. The van der Waals surface area contributed by atoms with Crippen LogP contribution in [-0.4, -0.2) is 19.6 Å². The summed E-state index contributed by atoms with van der Waals surface area (Å²) < 4.78 is 0. The number of allylic oxidation sites excluding steroid dienone is 5. The van der Waals surface area contributed by atoms with Gasteiger partial charge >= 0.3 is 0 Å². The summed E-state index contributed by atoms with van der Waals surface area (Å²) in [6.45, 7) is 10.8. The highest BCUT2D eigenvalue weighted by Crippen LogP contribution is 1.98. The van der Waals surface area contributed by atoms with E-state index < -0.39 is 0 Å². The van der Waals surface area contributed by atoms with Crippen LogP contribution in [0.1, 0.15) is 46.5 Å². The smallest absolute Gasteiger partial charge is 0.00759 e. The average Bonchev–Trinajstić information content (AvgIpc) is 2.35. The van der Waals surface area contributed by atoms with Crippen LogP contribution in [0.4, 0.5) is 0 Å². The summed E-state index contributed by atoms with van der Waals surface area (Å²) in [6, 6.07) is 0.639. The molecule has 0 spiro atoms. The molecule has 0 radical (unpaired) electrons. The van der Waals surface area contributed by atoms with Crippen molar-refractivity contribution in [2.75, 3.05) is 13.6 Å². The minimum atomic E-state index is 0.639. The second-order valence-corrected chi connectivity index (χ2v) is 4.39. The van der Waals surface area contributed by atoms with Crippen LogP contribution in [0.5, 0.6) is 0 Å². The van der Waals surface area contributed by atoms with E-state index in [2.05, 4.69) is 31.8 Å². The molecule has 1 unspecified atom stereocenters. The molecule has 1 atom stereocenters. The molecule has 3 N–H and O–H groups in total. The number of nitrogens with two attached hydrogens (primary N) is 1. The van der Waals surface area contributed by atoms with Gasteiger partial charge in [-0.3, -0.25) is 0 Å². The van der Waals surface area contributed by atoms with Crippen LogP contribution in [0.2, 0.25) is 0 Å². The fourth-order valence-electron chi connectivity index (χ4n) is 1.42. The zero-order chi connectivity index (χ0) is 14.2. The first kappa shape index (κ1) is 19.5. The zero-order valence-corrected chi connectivity index (χ0v) is 12.7. The van der Waals surface area contributed by atoms with Crippen LogP contribution in [0, 0.1) is 0 Å². The van der Waals surface area contributed by atoms with Gasteiger partial charge in [0, 0.05) is 6.04 Å². The lowest BCUT2D eigenvalue weighted by Gasteiger charge is -2.12. The van der Waals surface area contributed by atoms with Gasteiger partial charge in [-0.2, -0.15) is 0 Å². The Balaban J connectivity index is 0. The Morgan fingerprint density at radius 2 is 1.94 bits per heavy atom. The van der Waals surface area contributed by atoms with Crippen LogP contribution in [0.25, 0.3) is 0 Å². The van der Waals surface area contributed by atoms with E-state index in [0.29, 0.717) is 6.04 Å². The topological polar surface area (TPSA) is 38.0 Å². The molecule has 2 heteroatoms. The van der Waals surface area contributed by atoms with Gasteiger partial charge in [0.05, 0.1) is 0 Å². The number of hydrogen-bond acceptors (Lipinski definition) is 2. The van der Waals surface area contributed by atoms with Gasteiger partial charge in [-0.1, -0.05) is 56.7 Å². The second kappa shape index (κ2) is 16.1. The van der Waals surface area contributed by atoms with Crippen molar-refractivity contribution < 1.29 is 0 Å². The Kier molecular flexibility index (Phi) is 17.5. The standard InChI is InChI=1S/C9H14.C7H18N2/c1-4-5-6-7-8-9(2)3;1-3-4-7(9-2)5-6-8/h5-8H,2,4H2,1,3H3;7,9H,3-6,8H2,1-2H3/b6-5-,8-7-;. The molecule has 106 valence electrons. The Hall–Kier alpha value is -0.860. The van der Waals surface area contributed by atoms with E-state index >= 15 is 0 Å². The molecular formula is C16H32N2. The predicted octanol–water partition coefficient (Wildman–Crippen LogP) is 3.81. The molecule has 0 aromatic carbocycles. The summed E-state index contributed by atoms with van der Waals surface area (Å²) in [5, 5.41) is 3.22. The number of nitrogens with one attached hydrogen (secondary N) is 1. The van der Waals surface area contributed by atoms with Crippen molar-refractivity contribution >= 4 is 0 Å². The molecule has 18 heavy (non-hydrogen) atoms. The largest absolute Gasteiger partial charge is 0.330 e. The Morgan fingerprint density at radius 3 is 2.33 bits per heavy atom. The van der Waals surface area contributed by atoms with E-state index in [-0.39, 0.29) is 0 Å². The van der Waals surface area contributed by atoms with Gasteiger partial charge in [0.2, 0.25) is 0 Å². The zero-order valence-electron chi connectivity index (χ0n) is 12.7. The van der Waals surface area contributed by atoms with Crippen LogP contribution >= 0.6 is 0 Å². The van der Waals surface area contributed by atoms with Crippen molar-refractivity contribution in [1.29, 1.82) is 0 Å². The van der Waals surface area contributed by atoms with Crippen molar-refractivity contribution in [3.05, 3.63) is 36.5 Å². The molecule has 0 aliphatic heterocycles. The molecule has 0 amide bonds. The normalized spacial score (nSPS) is 12.5. The number of rotatable bonds is 8. The van der Waals surface area contributed by atoms with Gasteiger partial charge < -0.3 is 11.1 Å². The lowest BCUT2D eigenvalue weighted by molar-refractivity contribution is 0.489. The van der Waals surface area contributed by atoms with Crippen LogP contribution in [0.15, 0.2) is 36.5 Å². The molecule has 0 saturated heterocycles. The van der Waals surface area contributed by atoms with E-state index in [1.165, 1.54) is 12.8 Å². The van der Waals surface area contributed by atoms with Crippen molar-refractivity contribution in [3.63, 3.8) is 0 Å². The molecule has 0 bridgehead atoms. The molecule has 0 fully saturated rings. The first-order valence-electron chi connectivity index (χ1n) is 6.98. The van der Waals surface area contributed by atoms with Gasteiger partial charge in [0.1, 0.15) is 0 Å².